The molecule has 1 amide bonds. The van der Waals surface area contributed by atoms with Crippen LogP contribution in [0, 0.1) is 0 Å². The third-order valence-electron chi connectivity index (χ3n) is 2.25. The summed E-state index contributed by atoms with van der Waals surface area (Å²) >= 11 is 5.44. The minimum Gasteiger partial charge on any atom is -0.464 e. The average Bonchev–Trinajstić information content (AvgIpc) is 2.65. The van der Waals surface area contributed by atoms with Crippen LogP contribution in [0.25, 0.3) is 0 Å². The molecule has 0 saturated carbocycles. The standard InChI is InChI=1S/C9H14ClNO3/c1-2-14-9(13)7-4-3-5-11(7)8(12)6-10/h7H,2-6H2,1H3. The summed E-state index contributed by atoms with van der Waals surface area (Å²) < 4.78 is 4.87. The molecule has 0 aromatic carbocycles. The Morgan fingerprint density at radius 1 is 1.57 bits per heavy atom. The van der Waals surface area contributed by atoms with Gasteiger partial charge in [-0.25, -0.2) is 4.79 Å². The van der Waals surface area contributed by atoms with E-state index in [0.717, 1.165) is 6.42 Å². The van der Waals surface area contributed by atoms with Gasteiger partial charge in [-0.05, 0) is 19.8 Å². The van der Waals surface area contributed by atoms with Gasteiger partial charge in [-0.15, -0.1) is 11.6 Å². The van der Waals surface area contributed by atoms with Crippen molar-refractivity contribution >= 4 is 23.5 Å². The van der Waals surface area contributed by atoms with Crippen LogP contribution in [-0.2, 0) is 14.3 Å². The number of amides is 1. The molecule has 1 atom stereocenters. The second-order valence-corrected chi connectivity index (χ2v) is 3.40. The van der Waals surface area contributed by atoms with Crippen molar-refractivity contribution in [3.05, 3.63) is 0 Å². The molecule has 1 aliphatic rings. The van der Waals surface area contributed by atoms with Crippen molar-refractivity contribution in [2.24, 2.45) is 0 Å². The molecule has 0 aliphatic carbocycles. The largest absolute Gasteiger partial charge is 0.464 e. The molecule has 0 N–H and O–H groups in total. The van der Waals surface area contributed by atoms with E-state index in [1.807, 2.05) is 0 Å². The zero-order valence-corrected chi connectivity index (χ0v) is 8.92. The van der Waals surface area contributed by atoms with Gasteiger partial charge >= 0.3 is 5.97 Å². The van der Waals surface area contributed by atoms with Gasteiger partial charge in [0.15, 0.2) is 0 Å². The number of hydrogen-bond donors (Lipinski definition) is 0. The highest BCUT2D eigenvalue weighted by atomic mass is 35.5. The maximum Gasteiger partial charge on any atom is 0.328 e. The fraction of sp³-hybridized carbons (Fsp3) is 0.778. The van der Waals surface area contributed by atoms with Crippen molar-refractivity contribution in [3.63, 3.8) is 0 Å². The molecule has 0 spiro atoms. The Kier molecular flexibility index (Phi) is 4.20. The normalized spacial score (nSPS) is 21.0. The van der Waals surface area contributed by atoms with Crippen molar-refractivity contribution in [3.8, 4) is 0 Å². The Labute approximate surface area is 88.2 Å². The van der Waals surface area contributed by atoms with Gasteiger partial charge in [-0.1, -0.05) is 0 Å². The number of carbonyl (C=O) groups excluding carboxylic acids is 2. The lowest BCUT2D eigenvalue weighted by atomic mass is 10.2. The van der Waals surface area contributed by atoms with Crippen LogP contribution in [0.15, 0.2) is 0 Å². The van der Waals surface area contributed by atoms with Gasteiger partial charge in [0, 0.05) is 6.54 Å². The summed E-state index contributed by atoms with van der Waals surface area (Å²) in [6.07, 6.45) is 1.52. The third-order valence-corrected chi connectivity index (χ3v) is 2.47. The molecule has 80 valence electrons. The Bertz CT molecular complexity index is 232. The molecule has 1 heterocycles. The number of esters is 1. The van der Waals surface area contributed by atoms with E-state index in [4.69, 9.17) is 16.3 Å². The second kappa shape index (κ2) is 5.20. The summed E-state index contributed by atoms with van der Waals surface area (Å²) in [6.45, 7) is 2.70. The molecule has 4 nitrogen and oxygen atoms in total. The van der Waals surface area contributed by atoms with Crippen molar-refractivity contribution in [1.82, 2.24) is 4.90 Å². The SMILES string of the molecule is CCOC(=O)C1CCCN1C(=O)CCl. The minimum atomic E-state index is -0.416. The monoisotopic (exact) mass is 219 g/mol. The number of hydrogen-bond acceptors (Lipinski definition) is 3. The van der Waals surface area contributed by atoms with Gasteiger partial charge in [0.05, 0.1) is 6.61 Å². The van der Waals surface area contributed by atoms with E-state index in [2.05, 4.69) is 0 Å². The summed E-state index contributed by atoms with van der Waals surface area (Å²) in [6, 6.07) is -0.416. The van der Waals surface area contributed by atoms with Crippen molar-refractivity contribution in [2.75, 3.05) is 19.0 Å². The van der Waals surface area contributed by atoms with Crippen molar-refractivity contribution < 1.29 is 14.3 Å². The van der Waals surface area contributed by atoms with Crippen LogP contribution < -0.4 is 0 Å². The van der Waals surface area contributed by atoms with Gasteiger partial charge in [-0.3, -0.25) is 4.79 Å². The summed E-state index contributed by atoms with van der Waals surface area (Å²) in [5.41, 5.74) is 0. The molecule has 0 aromatic rings. The summed E-state index contributed by atoms with van der Waals surface area (Å²) in [4.78, 5) is 24.2. The van der Waals surface area contributed by atoms with E-state index >= 15 is 0 Å². The first kappa shape index (κ1) is 11.3. The number of alkyl halides is 1. The van der Waals surface area contributed by atoms with Gasteiger partial charge < -0.3 is 9.64 Å². The lowest BCUT2D eigenvalue weighted by molar-refractivity contribution is -0.152. The first-order chi connectivity index (χ1) is 6.70. The van der Waals surface area contributed by atoms with Crippen LogP contribution in [0.2, 0.25) is 0 Å². The van der Waals surface area contributed by atoms with Crippen LogP contribution in [0.5, 0.6) is 0 Å². The number of ether oxygens (including phenoxy) is 1. The molecular formula is C9H14ClNO3. The lowest BCUT2D eigenvalue weighted by Crippen LogP contribution is -2.42. The fourth-order valence-corrected chi connectivity index (χ4v) is 1.78. The highest BCUT2D eigenvalue weighted by Crippen LogP contribution is 2.18. The Hall–Kier alpha value is -0.770. The van der Waals surface area contributed by atoms with E-state index in [-0.39, 0.29) is 17.8 Å². The minimum absolute atomic E-state index is 0.0735. The molecular weight excluding hydrogens is 206 g/mol. The predicted octanol–water partition coefficient (Wildman–Crippen LogP) is 0.779. The topological polar surface area (TPSA) is 46.6 Å². The molecule has 0 aromatic heterocycles. The van der Waals surface area contributed by atoms with E-state index in [0.29, 0.717) is 19.6 Å². The zero-order valence-electron chi connectivity index (χ0n) is 8.16. The van der Waals surface area contributed by atoms with Crippen LogP contribution in [0.3, 0.4) is 0 Å². The van der Waals surface area contributed by atoms with E-state index in [1.54, 1.807) is 6.92 Å². The number of carbonyl (C=O) groups is 2. The van der Waals surface area contributed by atoms with E-state index < -0.39 is 6.04 Å². The maximum atomic E-state index is 11.4. The van der Waals surface area contributed by atoms with Crippen LogP contribution in [-0.4, -0.2) is 41.8 Å². The number of likely N-dealkylation sites (tertiary alicyclic amines) is 1. The molecule has 1 aliphatic heterocycles. The highest BCUT2D eigenvalue weighted by Gasteiger charge is 2.34. The first-order valence-electron chi connectivity index (χ1n) is 4.72. The van der Waals surface area contributed by atoms with E-state index in [9.17, 15) is 9.59 Å². The third kappa shape index (κ3) is 2.38. The molecule has 0 radical (unpaired) electrons. The first-order valence-corrected chi connectivity index (χ1v) is 5.26. The maximum absolute atomic E-state index is 11.4. The van der Waals surface area contributed by atoms with Crippen molar-refractivity contribution in [1.29, 1.82) is 0 Å². The average molecular weight is 220 g/mol. The molecule has 5 heteroatoms. The Morgan fingerprint density at radius 3 is 2.86 bits per heavy atom. The van der Waals surface area contributed by atoms with E-state index in [1.165, 1.54) is 4.90 Å². The van der Waals surface area contributed by atoms with Crippen LogP contribution >= 0.6 is 11.6 Å². The quantitative estimate of drug-likeness (QED) is 0.521. The second-order valence-electron chi connectivity index (χ2n) is 3.13. The molecule has 1 unspecified atom stereocenters. The molecule has 1 fully saturated rings. The summed E-state index contributed by atoms with van der Waals surface area (Å²) in [5, 5.41) is 0. The zero-order chi connectivity index (χ0) is 10.6. The smallest absolute Gasteiger partial charge is 0.328 e. The number of halogens is 1. The fourth-order valence-electron chi connectivity index (χ4n) is 1.63. The number of nitrogens with zero attached hydrogens (tertiary/aromatic N) is 1. The summed E-state index contributed by atoms with van der Waals surface area (Å²) in [7, 11) is 0. The molecule has 0 bridgehead atoms. The van der Waals surface area contributed by atoms with Gasteiger partial charge in [0.25, 0.3) is 0 Å². The van der Waals surface area contributed by atoms with Crippen molar-refractivity contribution in [2.45, 2.75) is 25.8 Å². The van der Waals surface area contributed by atoms with Gasteiger partial charge in [-0.2, -0.15) is 0 Å². The van der Waals surface area contributed by atoms with Crippen LogP contribution in [0.1, 0.15) is 19.8 Å². The predicted molar refractivity (Wildman–Crippen MR) is 52.1 cm³/mol. The molecule has 1 rings (SSSR count). The lowest BCUT2D eigenvalue weighted by Gasteiger charge is -2.21. The number of rotatable bonds is 3. The Balaban J connectivity index is 2.59. The molecule has 14 heavy (non-hydrogen) atoms. The highest BCUT2D eigenvalue weighted by molar-refractivity contribution is 6.27. The Morgan fingerprint density at radius 2 is 2.29 bits per heavy atom. The van der Waals surface area contributed by atoms with Gasteiger partial charge in [0.2, 0.25) is 5.91 Å². The van der Waals surface area contributed by atoms with Gasteiger partial charge in [0.1, 0.15) is 11.9 Å². The van der Waals surface area contributed by atoms with Crippen LogP contribution in [0.4, 0.5) is 0 Å². The molecule has 1 saturated heterocycles. The summed E-state index contributed by atoms with van der Waals surface area (Å²) in [5.74, 6) is -0.582.